The molecule has 1 aliphatic heterocycles. The van der Waals surface area contributed by atoms with Gasteiger partial charge in [0.15, 0.2) is 0 Å². The third-order valence-electron chi connectivity index (χ3n) is 3.23. The Morgan fingerprint density at radius 3 is 3.24 bits per heavy atom. The van der Waals surface area contributed by atoms with Crippen LogP contribution in [-0.4, -0.2) is 27.4 Å². The molecule has 1 aromatic rings. The normalized spacial score (nSPS) is 24.8. The number of carbonyl (C=O) groups excluding carboxylic acids is 1. The maximum absolute atomic E-state index is 11.5. The molecule has 2 unspecified atom stereocenters. The molecule has 0 aliphatic carbocycles. The summed E-state index contributed by atoms with van der Waals surface area (Å²) in [5, 5.41) is 11.3. The summed E-state index contributed by atoms with van der Waals surface area (Å²) in [6.45, 7) is 3.82. The molecule has 6 nitrogen and oxygen atoms in total. The van der Waals surface area contributed by atoms with E-state index in [-0.39, 0.29) is 17.9 Å². The number of nitrogens with two attached hydrogens (primary N) is 1. The van der Waals surface area contributed by atoms with Gasteiger partial charge in [-0.05, 0) is 25.8 Å². The van der Waals surface area contributed by atoms with Crippen LogP contribution in [0.3, 0.4) is 0 Å². The summed E-state index contributed by atoms with van der Waals surface area (Å²) in [5.41, 5.74) is 6.43. The summed E-state index contributed by atoms with van der Waals surface area (Å²) in [5.74, 6) is -0.399. The second kappa shape index (κ2) is 5.27. The number of aryl methyl sites for hydroxylation is 1. The average molecular weight is 237 g/mol. The van der Waals surface area contributed by atoms with Gasteiger partial charge >= 0.3 is 0 Å². The Kier molecular flexibility index (Phi) is 3.73. The zero-order valence-corrected chi connectivity index (χ0v) is 10.1. The number of carbonyl (C=O) groups is 1. The number of nitrogens with one attached hydrogen (secondary N) is 1. The zero-order chi connectivity index (χ0) is 12.3. The second-order valence-corrected chi connectivity index (χ2v) is 4.46. The van der Waals surface area contributed by atoms with Crippen molar-refractivity contribution in [2.75, 3.05) is 6.54 Å². The monoisotopic (exact) mass is 237 g/mol. The van der Waals surface area contributed by atoms with Crippen molar-refractivity contribution in [3.63, 3.8) is 0 Å². The maximum Gasteiger partial charge on any atom is 0.222 e. The standard InChI is InChI=1S/C11H19N5O/c1-2-6-16-9(7-14-15-16)10-8(11(12)17)4-3-5-13-10/h7-8,10,13H,2-6H2,1H3,(H2,12,17). The first kappa shape index (κ1) is 12.0. The van der Waals surface area contributed by atoms with E-state index in [9.17, 15) is 4.79 Å². The highest BCUT2D eigenvalue weighted by atomic mass is 16.1. The molecule has 1 aliphatic rings. The highest BCUT2D eigenvalue weighted by molar-refractivity contribution is 5.77. The molecule has 0 saturated carbocycles. The van der Waals surface area contributed by atoms with Crippen LogP contribution in [0.5, 0.6) is 0 Å². The number of amides is 1. The lowest BCUT2D eigenvalue weighted by Gasteiger charge is -2.30. The minimum atomic E-state index is -0.244. The molecule has 2 atom stereocenters. The van der Waals surface area contributed by atoms with Gasteiger partial charge in [0.1, 0.15) is 0 Å². The zero-order valence-electron chi connectivity index (χ0n) is 10.1. The van der Waals surface area contributed by atoms with Crippen molar-refractivity contribution >= 4 is 5.91 Å². The van der Waals surface area contributed by atoms with Crippen molar-refractivity contribution in [1.82, 2.24) is 20.3 Å². The van der Waals surface area contributed by atoms with E-state index in [1.165, 1.54) is 0 Å². The minimum Gasteiger partial charge on any atom is -0.369 e. The van der Waals surface area contributed by atoms with Crippen LogP contribution in [0.2, 0.25) is 0 Å². The van der Waals surface area contributed by atoms with Crippen LogP contribution >= 0.6 is 0 Å². The van der Waals surface area contributed by atoms with Crippen LogP contribution in [0.4, 0.5) is 0 Å². The Bertz CT molecular complexity index is 389. The van der Waals surface area contributed by atoms with Crippen LogP contribution < -0.4 is 11.1 Å². The predicted molar refractivity (Wildman–Crippen MR) is 63.0 cm³/mol. The average Bonchev–Trinajstić information content (AvgIpc) is 2.77. The molecule has 3 N–H and O–H groups in total. The van der Waals surface area contributed by atoms with Crippen LogP contribution in [0.1, 0.15) is 37.9 Å². The molecule has 17 heavy (non-hydrogen) atoms. The molecule has 1 fully saturated rings. The summed E-state index contributed by atoms with van der Waals surface area (Å²) >= 11 is 0. The molecule has 0 aromatic carbocycles. The van der Waals surface area contributed by atoms with Gasteiger partial charge in [-0.3, -0.25) is 4.79 Å². The van der Waals surface area contributed by atoms with Crippen molar-refractivity contribution < 1.29 is 4.79 Å². The van der Waals surface area contributed by atoms with Gasteiger partial charge in [-0.1, -0.05) is 12.1 Å². The molecule has 0 spiro atoms. The Morgan fingerprint density at radius 1 is 1.71 bits per heavy atom. The molecule has 6 heteroatoms. The largest absolute Gasteiger partial charge is 0.369 e. The van der Waals surface area contributed by atoms with Crippen molar-refractivity contribution in [3.8, 4) is 0 Å². The summed E-state index contributed by atoms with van der Waals surface area (Å²) in [4.78, 5) is 11.5. The number of piperidine rings is 1. The van der Waals surface area contributed by atoms with E-state index in [4.69, 9.17) is 5.73 Å². The molecule has 0 radical (unpaired) electrons. The Labute approximate surface area is 101 Å². The molecule has 2 rings (SSSR count). The SMILES string of the molecule is CCCn1nncc1C1NCCCC1C(N)=O. The van der Waals surface area contributed by atoms with Crippen LogP contribution in [0.25, 0.3) is 0 Å². The third-order valence-corrected chi connectivity index (χ3v) is 3.23. The lowest BCUT2D eigenvalue weighted by atomic mass is 9.88. The fourth-order valence-corrected chi connectivity index (χ4v) is 2.40. The highest BCUT2D eigenvalue weighted by Gasteiger charge is 2.32. The van der Waals surface area contributed by atoms with E-state index < -0.39 is 0 Å². The Balaban J connectivity index is 2.23. The van der Waals surface area contributed by atoms with Gasteiger partial charge in [-0.2, -0.15) is 0 Å². The summed E-state index contributed by atoms with van der Waals surface area (Å²) in [6.07, 6.45) is 4.54. The predicted octanol–water partition coefficient (Wildman–Crippen LogP) is 0.214. The topological polar surface area (TPSA) is 85.8 Å². The van der Waals surface area contributed by atoms with Crippen LogP contribution in [0.15, 0.2) is 6.20 Å². The first-order valence-electron chi connectivity index (χ1n) is 6.15. The highest BCUT2D eigenvalue weighted by Crippen LogP contribution is 2.28. The van der Waals surface area contributed by atoms with E-state index in [2.05, 4.69) is 22.6 Å². The number of hydrogen-bond acceptors (Lipinski definition) is 4. The van der Waals surface area contributed by atoms with E-state index >= 15 is 0 Å². The molecule has 1 amide bonds. The molecular weight excluding hydrogens is 218 g/mol. The first-order valence-corrected chi connectivity index (χ1v) is 6.15. The molecule has 2 heterocycles. The quantitative estimate of drug-likeness (QED) is 0.784. The molecule has 94 valence electrons. The molecular formula is C11H19N5O. The first-order chi connectivity index (χ1) is 8.24. The van der Waals surface area contributed by atoms with Crippen molar-refractivity contribution in [2.24, 2.45) is 11.7 Å². The summed E-state index contributed by atoms with van der Waals surface area (Å²) in [7, 11) is 0. The number of nitrogens with zero attached hydrogens (tertiary/aromatic N) is 3. The number of hydrogen-bond donors (Lipinski definition) is 2. The van der Waals surface area contributed by atoms with Crippen LogP contribution in [-0.2, 0) is 11.3 Å². The summed E-state index contributed by atoms with van der Waals surface area (Å²) in [6, 6.07) is -0.0391. The number of primary amides is 1. The maximum atomic E-state index is 11.5. The summed E-state index contributed by atoms with van der Waals surface area (Å²) < 4.78 is 1.86. The van der Waals surface area contributed by atoms with Crippen molar-refractivity contribution in [2.45, 2.75) is 38.8 Å². The number of rotatable bonds is 4. The smallest absolute Gasteiger partial charge is 0.222 e. The van der Waals surface area contributed by atoms with Crippen molar-refractivity contribution in [1.29, 1.82) is 0 Å². The van der Waals surface area contributed by atoms with Gasteiger partial charge in [0.25, 0.3) is 0 Å². The van der Waals surface area contributed by atoms with Gasteiger partial charge < -0.3 is 11.1 Å². The van der Waals surface area contributed by atoms with Gasteiger partial charge in [0.05, 0.1) is 23.9 Å². The van der Waals surface area contributed by atoms with Gasteiger partial charge in [-0.15, -0.1) is 5.10 Å². The van der Waals surface area contributed by atoms with E-state index in [1.54, 1.807) is 6.20 Å². The van der Waals surface area contributed by atoms with E-state index in [1.807, 2.05) is 4.68 Å². The number of aromatic nitrogens is 3. The molecule has 0 bridgehead atoms. The molecule has 1 aromatic heterocycles. The Hall–Kier alpha value is -1.43. The molecule has 1 saturated heterocycles. The fourth-order valence-electron chi connectivity index (χ4n) is 2.40. The van der Waals surface area contributed by atoms with Crippen LogP contribution in [0, 0.1) is 5.92 Å². The Morgan fingerprint density at radius 2 is 2.53 bits per heavy atom. The van der Waals surface area contributed by atoms with E-state index in [0.717, 1.165) is 38.0 Å². The minimum absolute atomic E-state index is 0.0391. The lowest BCUT2D eigenvalue weighted by Crippen LogP contribution is -2.41. The second-order valence-electron chi connectivity index (χ2n) is 4.46. The van der Waals surface area contributed by atoms with E-state index in [0.29, 0.717) is 0 Å². The van der Waals surface area contributed by atoms with Gasteiger partial charge in [-0.25, -0.2) is 4.68 Å². The van der Waals surface area contributed by atoms with Gasteiger partial charge in [0, 0.05) is 6.54 Å². The third kappa shape index (κ3) is 2.46. The fraction of sp³-hybridized carbons (Fsp3) is 0.727. The van der Waals surface area contributed by atoms with Gasteiger partial charge in [0.2, 0.25) is 5.91 Å². The lowest BCUT2D eigenvalue weighted by molar-refractivity contribution is -0.123. The van der Waals surface area contributed by atoms with Crippen molar-refractivity contribution in [3.05, 3.63) is 11.9 Å².